The Balaban J connectivity index is 1.87. The lowest BCUT2D eigenvalue weighted by Gasteiger charge is -2.38. The molecule has 0 spiro atoms. The van der Waals surface area contributed by atoms with Crippen molar-refractivity contribution in [2.75, 3.05) is 11.4 Å². The van der Waals surface area contributed by atoms with Crippen LogP contribution in [0.15, 0.2) is 57.5 Å². The summed E-state index contributed by atoms with van der Waals surface area (Å²) in [6.45, 7) is 5.80. The van der Waals surface area contributed by atoms with Crippen LogP contribution in [0.4, 0.5) is 5.69 Å². The molecule has 2 unspecified atom stereocenters. The van der Waals surface area contributed by atoms with Gasteiger partial charge in [0, 0.05) is 34.1 Å². The highest BCUT2D eigenvalue weighted by Gasteiger charge is 2.37. The number of likely N-dealkylation sites (N-methyl/N-ethyl adjacent to an activating group) is 1. The van der Waals surface area contributed by atoms with Crippen LogP contribution in [0.1, 0.15) is 38.7 Å². The molecule has 0 aromatic heterocycles. The van der Waals surface area contributed by atoms with Crippen LogP contribution in [-0.2, 0) is 11.3 Å². The van der Waals surface area contributed by atoms with E-state index in [-0.39, 0.29) is 11.9 Å². The van der Waals surface area contributed by atoms with Crippen molar-refractivity contribution in [3.63, 3.8) is 0 Å². The first-order valence-corrected chi connectivity index (χ1v) is 11.1. The summed E-state index contributed by atoms with van der Waals surface area (Å²) in [6.07, 6.45) is 3.33. The summed E-state index contributed by atoms with van der Waals surface area (Å²) in [4.78, 5) is 17.1. The molecular formula is C22H26Br2N2O. The molecule has 144 valence electrons. The number of carbonyl (C=O) groups is 1. The molecule has 27 heavy (non-hydrogen) atoms. The van der Waals surface area contributed by atoms with E-state index in [1.54, 1.807) is 6.92 Å². The maximum absolute atomic E-state index is 12.6. The zero-order valence-corrected chi connectivity index (χ0v) is 19.0. The molecule has 5 heteroatoms. The second-order valence-electron chi connectivity index (χ2n) is 7.10. The van der Waals surface area contributed by atoms with Gasteiger partial charge in [-0.2, -0.15) is 0 Å². The van der Waals surface area contributed by atoms with Gasteiger partial charge in [-0.15, -0.1) is 0 Å². The Labute approximate surface area is 179 Å². The van der Waals surface area contributed by atoms with Crippen molar-refractivity contribution in [1.29, 1.82) is 0 Å². The van der Waals surface area contributed by atoms with Gasteiger partial charge in [0.25, 0.3) is 0 Å². The Morgan fingerprint density at radius 1 is 1.04 bits per heavy atom. The van der Waals surface area contributed by atoms with E-state index in [2.05, 4.69) is 74.0 Å². The second kappa shape index (κ2) is 9.35. The van der Waals surface area contributed by atoms with Gasteiger partial charge in [-0.25, -0.2) is 0 Å². The number of amides is 1. The Kier molecular flexibility index (Phi) is 7.12. The Morgan fingerprint density at radius 3 is 2.37 bits per heavy atom. The van der Waals surface area contributed by atoms with E-state index >= 15 is 0 Å². The molecule has 0 radical (unpaired) electrons. The number of benzene rings is 2. The Bertz CT molecular complexity index is 781. The first kappa shape index (κ1) is 20.6. The molecule has 2 aromatic carbocycles. The number of nitrogens with zero attached hydrogens (tertiary/aromatic N) is 2. The molecule has 2 atom stereocenters. The topological polar surface area (TPSA) is 23.6 Å². The van der Waals surface area contributed by atoms with Crippen molar-refractivity contribution in [3.05, 3.63) is 63.0 Å². The van der Waals surface area contributed by atoms with Gasteiger partial charge in [0.15, 0.2) is 0 Å². The van der Waals surface area contributed by atoms with Gasteiger partial charge >= 0.3 is 0 Å². The molecule has 2 aromatic rings. The van der Waals surface area contributed by atoms with Gasteiger partial charge in [-0.1, -0.05) is 37.3 Å². The molecule has 0 saturated heterocycles. The molecule has 3 nitrogen and oxygen atoms in total. The zero-order valence-electron chi connectivity index (χ0n) is 15.9. The van der Waals surface area contributed by atoms with Crippen LogP contribution in [-0.4, -0.2) is 29.4 Å². The van der Waals surface area contributed by atoms with Crippen LogP contribution >= 0.6 is 31.9 Å². The summed E-state index contributed by atoms with van der Waals surface area (Å²) in [7, 11) is 0. The van der Waals surface area contributed by atoms with E-state index in [9.17, 15) is 4.79 Å². The predicted molar refractivity (Wildman–Crippen MR) is 119 cm³/mol. The molecule has 1 aliphatic carbocycles. The largest absolute Gasteiger partial charge is 0.308 e. The lowest BCUT2D eigenvalue weighted by atomic mass is 10.1. The minimum absolute atomic E-state index is 0.108. The molecular weight excluding hydrogens is 468 g/mol. The molecule has 0 aliphatic heterocycles. The molecule has 1 aliphatic rings. The van der Waals surface area contributed by atoms with Crippen LogP contribution in [0, 0.1) is 0 Å². The first-order chi connectivity index (χ1) is 13.0. The highest BCUT2D eigenvalue weighted by atomic mass is 79.9. The fourth-order valence-corrected chi connectivity index (χ4v) is 4.78. The summed E-state index contributed by atoms with van der Waals surface area (Å²) in [5, 5.41) is 0. The number of hydrogen-bond donors (Lipinski definition) is 0. The molecule has 0 N–H and O–H groups in total. The summed E-state index contributed by atoms with van der Waals surface area (Å²) >= 11 is 7.10. The number of anilines is 1. The highest BCUT2D eigenvalue weighted by Crippen LogP contribution is 2.35. The van der Waals surface area contributed by atoms with E-state index in [1.165, 1.54) is 5.56 Å². The molecule has 1 saturated carbocycles. The zero-order chi connectivity index (χ0) is 19.4. The smallest absolute Gasteiger partial charge is 0.224 e. The van der Waals surface area contributed by atoms with Gasteiger partial charge in [0.1, 0.15) is 0 Å². The fourth-order valence-electron chi connectivity index (χ4n) is 4.17. The normalized spacial score (nSPS) is 19.4. The number of carbonyl (C=O) groups excluding carboxylic acids is 1. The Hall–Kier alpha value is -1.17. The summed E-state index contributed by atoms with van der Waals surface area (Å²) in [5.41, 5.74) is 2.29. The standard InChI is InChI=1S/C22H26Br2N2O/c1-3-25(15-17-8-5-4-6-9-17)21-10-7-11-22(21)26(16(2)27)18-12-13-19(23)20(24)14-18/h4-6,8-9,12-14,21-22H,3,7,10-11,15H2,1-2H3. The van der Waals surface area contributed by atoms with Crippen molar-refractivity contribution in [2.45, 2.75) is 51.7 Å². The predicted octanol–water partition coefficient (Wildman–Crippen LogP) is 6.01. The second-order valence-corrected chi connectivity index (χ2v) is 8.81. The van der Waals surface area contributed by atoms with E-state index < -0.39 is 0 Å². The van der Waals surface area contributed by atoms with Gasteiger partial charge in [-0.3, -0.25) is 9.69 Å². The lowest BCUT2D eigenvalue weighted by Crippen LogP contribution is -2.50. The molecule has 0 heterocycles. The van der Waals surface area contributed by atoms with Crippen molar-refractivity contribution >= 4 is 43.5 Å². The van der Waals surface area contributed by atoms with Gasteiger partial charge in [-0.05, 0) is 81.4 Å². The van der Waals surface area contributed by atoms with Crippen LogP contribution in [0.25, 0.3) is 0 Å². The van der Waals surface area contributed by atoms with Crippen molar-refractivity contribution in [1.82, 2.24) is 4.90 Å². The maximum Gasteiger partial charge on any atom is 0.224 e. The molecule has 3 rings (SSSR count). The van der Waals surface area contributed by atoms with E-state index in [1.807, 2.05) is 23.1 Å². The van der Waals surface area contributed by atoms with Gasteiger partial charge in [0.05, 0.1) is 6.04 Å². The molecule has 1 amide bonds. The number of hydrogen-bond acceptors (Lipinski definition) is 2. The van der Waals surface area contributed by atoms with Gasteiger partial charge < -0.3 is 4.90 Å². The van der Waals surface area contributed by atoms with Gasteiger partial charge in [0.2, 0.25) is 5.91 Å². The summed E-state index contributed by atoms with van der Waals surface area (Å²) in [5.74, 6) is 0.108. The van der Waals surface area contributed by atoms with Crippen molar-refractivity contribution < 1.29 is 4.79 Å². The van der Waals surface area contributed by atoms with Crippen LogP contribution in [0.3, 0.4) is 0 Å². The van der Waals surface area contributed by atoms with Crippen molar-refractivity contribution in [3.8, 4) is 0 Å². The molecule has 0 bridgehead atoms. The monoisotopic (exact) mass is 492 g/mol. The molecule has 1 fully saturated rings. The average molecular weight is 494 g/mol. The van der Waals surface area contributed by atoms with Crippen LogP contribution in [0.2, 0.25) is 0 Å². The third-order valence-electron chi connectivity index (χ3n) is 5.40. The quantitative estimate of drug-likeness (QED) is 0.492. The fraction of sp³-hybridized carbons (Fsp3) is 0.409. The maximum atomic E-state index is 12.6. The summed E-state index contributed by atoms with van der Waals surface area (Å²) < 4.78 is 1.97. The SMILES string of the molecule is CCN(Cc1ccccc1)C1CCCC1N(C(C)=O)c1ccc(Br)c(Br)c1. The minimum Gasteiger partial charge on any atom is -0.308 e. The van der Waals surface area contributed by atoms with Crippen LogP contribution < -0.4 is 4.90 Å². The number of rotatable bonds is 6. The average Bonchev–Trinajstić information content (AvgIpc) is 3.12. The van der Waals surface area contributed by atoms with E-state index in [0.717, 1.165) is 47.0 Å². The minimum atomic E-state index is 0.108. The van der Waals surface area contributed by atoms with Crippen molar-refractivity contribution in [2.24, 2.45) is 0 Å². The third-order valence-corrected chi connectivity index (χ3v) is 7.28. The lowest BCUT2D eigenvalue weighted by molar-refractivity contribution is -0.117. The highest BCUT2D eigenvalue weighted by molar-refractivity contribution is 9.13. The van der Waals surface area contributed by atoms with E-state index in [4.69, 9.17) is 0 Å². The first-order valence-electron chi connectivity index (χ1n) is 9.54. The third kappa shape index (κ3) is 4.82. The van der Waals surface area contributed by atoms with E-state index in [0.29, 0.717) is 6.04 Å². The summed E-state index contributed by atoms with van der Waals surface area (Å²) in [6, 6.07) is 17.3. The Morgan fingerprint density at radius 2 is 1.74 bits per heavy atom. The van der Waals surface area contributed by atoms with Crippen LogP contribution in [0.5, 0.6) is 0 Å². The number of halogens is 2.